The number of carbonyl (C=O) groups is 2. The lowest BCUT2D eigenvalue weighted by atomic mass is 9.97. The van der Waals surface area contributed by atoms with E-state index < -0.39 is 0 Å². The number of benzene rings is 1. The summed E-state index contributed by atoms with van der Waals surface area (Å²) in [7, 11) is 1.69. The fourth-order valence-electron chi connectivity index (χ4n) is 4.26. The summed E-state index contributed by atoms with van der Waals surface area (Å²) in [6, 6.07) is 10.1. The van der Waals surface area contributed by atoms with Crippen molar-refractivity contribution in [3.63, 3.8) is 0 Å². The van der Waals surface area contributed by atoms with Gasteiger partial charge in [-0.2, -0.15) is 0 Å². The van der Waals surface area contributed by atoms with Crippen LogP contribution in [0.4, 0.5) is 4.79 Å². The fourth-order valence-corrected chi connectivity index (χ4v) is 4.26. The fraction of sp³-hybridized carbons (Fsp3) is 0.478. The zero-order valence-corrected chi connectivity index (χ0v) is 18.0. The first-order valence-electron chi connectivity index (χ1n) is 10.6. The number of carboxylic acid groups (broad SMARTS) is 1. The topological polar surface area (TPSA) is 95.3 Å². The number of nitrogens with one attached hydrogen (secondary N) is 1. The van der Waals surface area contributed by atoms with E-state index in [9.17, 15) is 4.79 Å². The van der Waals surface area contributed by atoms with Gasteiger partial charge in [0, 0.05) is 26.2 Å². The molecule has 0 spiro atoms. The Morgan fingerprint density at radius 2 is 2.16 bits per heavy atom. The van der Waals surface area contributed by atoms with Gasteiger partial charge < -0.3 is 24.5 Å². The van der Waals surface area contributed by atoms with Gasteiger partial charge >= 0.3 is 6.03 Å². The predicted octanol–water partition coefficient (Wildman–Crippen LogP) is 2.97. The van der Waals surface area contributed by atoms with E-state index in [1.165, 1.54) is 17.5 Å². The lowest BCUT2D eigenvalue weighted by molar-refractivity contribution is -0.122. The predicted molar refractivity (Wildman–Crippen MR) is 116 cm³/mol. The number of piperidine rings is 1. The SMILES string of the molecule is COc1ccc2c(c1)CCN(C(=O)NCC1CCCN(Cc3ccco3)C1)C2.O=CO. The third-order valence-electron chi connectivity index (χ3n) is 5.82. The molecule has 31 heavy (non-hydrogen) atoms. The zero-order chi connectivity index (χ0) is 22.1. The molecule has 4 rings (SSSR count). The van der Waals surface area contributed by atoms with Crippen LogP contribution in [0.3, 0.4) is 0 Å². The Bertz CT molecular complexity index is 840. The van der Waals surface area contributed by atoms with Crippen molar-refractivity contribution in [1.29, 1.82) is 0 Å². The Hall–Kier alpha value is -3.00. The van der Waals surface area contributed by atoms with Gasteiger partial charge in [-0.15, -0.1) is 0 Å². The van der Waals surface area contributed by atoms with Gasteiger partial charge in [0.2, 0.25) is 0 Å². The van der Waals surface area contributed by atoms with Gasteiger partial charge in [0.1, 0.15) is 11.5 Å². The molecular weight excluding hydrogens is 398 g/mol. The van der Waals surface area contributed by atoms with Crippen LogP contribution in [0.5, 0.6) is 5.75 Å². The summed E-state index contributed by atoms with van der Waals surface area (Å²) in [6.45, 7) is 4.85. The molecule has 0 saturated carbocycles. The van der Waals surface area contributed by atoms with Gasteiger partial charge in [-0.25, -0.2) is 4.79 Å². The van der Waals surface area contributed by atoms with Crippen molar-refractivity contribution in [1.82, 2.24) is 15.1 Å². The van der Waals surface area contributed by atoms with Crippen molar-refractivity contribution in [2.45, 2.75) is 32.4 Å². The first kappa shape index (κ1) is 22.7. The molecule has 1 unspecified atom stereocenters. The zero-order valence-electron chi connectivity index (χ0n) is 18.0. The van der Waals surface area contributed by atoms with E-state index >= 15 is 0 Å². The van der Waals surface area contributed by atoms with E-state index in [2.05, 4.69) is 22.3 Å². The minimum atomic E-state index is -0.250. The minimum absolute atomic E-state index is 0.0460. The molecule has 1 atom stereocenters. The summed E-state index contributed by atoms with van der Waals surface area (Å²) >= 11 is 0. The second kappa shape index (κ2) is 11.4. The molecule has 2 amide bonds. The van der Waals surface area contributed by atoms with Gasteiger partial charge in [-0.3, -0.25) is 9.69 Å². The second-order valence-electron chi connectivity index (χ2n) is 7.92. The van der Waals surface area contributed by atoms with Crippen molar-refractivity contribution < 1.29 is 23.8 Å². The van der Waals surface area contributed by atoms with Gasteiger partial charge in [0.05, 0.1) is 19.9 Å². The molecule has 3 heterocycles. The third-order valence-corrected chi connectivity index (χ3v) is 5.82. The molecule has 0 radical (unpaired) electrons. The number of hydrogen-bond donors (Lipinski definition) is 2. The van der Waals surface area contributed by atoms with Crippen molar-refractivity contribution in [2.24, 2.45) is 5.92 Å². The van der Waals surface area contributed by atoms with Crippen LogP contribution in [-0.2, 0) is 24.3 Å². The number of rotatable bonds is 5. The maximum atomic E-state index is 12.7. The largest absolute Gasteiger partial charge is 0.497 e. The number of fused-ring (bicyclic) bond motifs is 1. The summed E-state index contributed by atoms with van der Waals surface area (Å²) in [5, 5.41) is 10.1. The van der Waals surface area contributed by atoms with Gasteiger partial charge in [-0.05, 0) is 67.1 Å². The summed E-state index contributed by atoms with van der Waals surface area (Å²) in [4.78, 5) is 25.4. The number of amides is 2. The van der Waals surface area contributed by atoms with E-state index in [1.54, 1.807) is 13.4 Å². The van der Waals surface area contributed by atoms with Crippen molar-refractivity contribution >= 4 is 12.5 Å². The number of carbonyl (C=O) groups excluding carboxylic acids is 1. The Labute approximate surface area is 182 Å². The highest BCUT2D eigenvalue weighted by molar-refractivity contribution is 5.74. The van der Waals surface area contributed by atoms with Crippen molar-refractivity contribution in [3.8, 4) is 5.75 Å². The van der Waals surface area contributed by atoms with Gasteiger partial charge in [-0.1, -0.05) is 6.07 Å². The highest BCUT2D eigenvalue weighted by Gasteiger charge is 2.24. The molecule has 8 heteroatoms. The first-order chi connectivity index (χ1) is 15.1. The molecule has 2 aliphatic heterocycles. The maximum absolute atomic E-state index is 12.7. The normalized spacial score (nSPS) is 18.4. The second-order valence-corrected chi connectivity index (χ2v) is 7.92. The Balaban J connectivity index is 0.000000858. The molecule has 8 nitrogen and oxygen atoms in total. The van der Waals surface area contributed by atoms with Crippen LogP contribution >= 0.6 is 0 Å². The molecule has 0 bridgehead atoms. The van der Waals surface area contributed by atoms with Crippen molar-refractivity contribution in [3.05, 3.63) is 53.5 Å². The quantitative estimate of drug-likeness (QED) is 0.710. The average molecular weight is 430 g/mol. The number of ether oxygens (including phenoxy) is 1. The summed E-state index contributed by atoms with van der Waals surface area (Å²) in [6.07, 6.45) is 4.93. The maximum Gasteiger partial charge on any atom is 0.317 e. The minimum Gasteiger partial charge on any atom is -0.497 e. The number of methoxy groups -OCH3 is 1. The molecule has 2 aliphatic rings. The standard InChI is InChI=1S/C22H29N3O3.CH2O2/c1-27-20-7-6-19-15-25(10-8-18(19)12-20)22(26)23-13-17-4-2-9-24(14-17)16-21-5-3-11-28-21;2-1-3/h3,5-7,11-12,17H,2,4,8-10,13-16H2,1H3,(H,23,26);1H,(H,2,3). The van der Waals surface area contributed by atoms with Crippen LogP contribution in [0.1, 0.15) is 29.7 Å². The van der Waals surface area contributed by atoms with Crippen molar-refractivity contribution in [2.75, 3.05) is 33.3 Å². The smallest absolute Gasteiger partial charge is 0.317 e. The molecule has 2 N–H and O–H groups in total. The van der Waals surface area contributed by atoms with Gasteiger partial charge in [0.25, 0.3) is 6.47 Å². The monoisotopic (exact) mass is 429 g/mol. The van der Waals surface area contributed by atoms with Crippen LogP contribution in [0.15, 0.2) is 41.0 Å². The summed E-state index contributed by atoms with van der Waals surface area (Å²) in [5.74, 6) is 2.38. The van der Waals surface area contributed by atoms with Gasteiger partial charge in [0.15, 0.2) is 0 Å². The molecule has 2 aromatic rings. The van der Waals surface area contributed by atoms with E-state index in [0.29, 0.717) is 12.5 Å². The molecule has 1 aromatic heterocycles. The number of likely N-dealkylation sites (tertiary alicyclic amines) is 1. The highest BCUT2D eigenvalue weighted by atomic mass is 16.5. The number of furan rings is 1. The lowest BCUT2D eigenvalue weighted by Gasteiger charge is -2.33. The number of nitrogens with zero attached hydrogens (tertiary/aromatic N) is 2. The summed E-state index contributed by atoms with van der Waals surface area (Å²) in [5.41, 5.74) is 2.49. The van der Waals surface area contributed by atoms with E-state index in [-0.39, 0.29) is 12.5 Å². The number of urea groups is 1. The number of hydrogen-bond acceptors (Lipinski definition) is 5. The Morgan fingerprint density at radius 3 is 2.90 bits per heavy atom. The Kier molecular flexibility index (Phi) is 8.35. The van der Waals surface area contributed by atoms with E-state index in [4.69, 9.17) is 19.1 Å². The molecule has 168 valence electrons. The van der Waals surface area contributed by atoms with Crippen LogP contribution < -0.4 is 10.1 Å². The van der Waals surface area contributed by atoms with Crippen LogP contribution in [0.2, 0.25) is 0 Å². The lowest BCUT2D eigenvalue weighted by Crippen LogP contribution is -2.46. The van der Waals surface area contributed by atoms with Crippen LogP contribution in [0.25, 0.3) is 0 Å². The average Bonchev–Trinajstić information content (AvgIpc) is 3.30. The van der Waals surface area contributed by atoms with Crippen LogP contribution in [0, 0.1) is 5.92 Å². The third kappa shape index (κ3) is 6.49. The van der Waals surface area contributed by atoms with E-state index in [1.807, 2.05) is 23.1 Å². The van der Waals surface area contributed by atoms with E-state index in [0.717, 1.165) is 57.1 Å². The molecule has 1 aromatic carbocycles. The van der Waals surface area contributed by atoms with Crippen LogP contribution in [-0.4, -0.2) is 60.7 Å². The molecule has 1 fully saturated rings. The first-order valence-corrected chi connectivity index (χ1v) is 10.6. The molecular formula is C23H31N3O5. The molecule has 1 saturated heterocycles. The Morgan fingerprint density at radius 1 is 1.32 bits per heavy atom. The summed E-state index contributed by atoms with van der Waals surface area (Å²) < 4.78 is 10.8. The molecule has 0 aliphatic carbocycles. The highest BCUT2D eigenvalue weighted by Crippen LogP contribution is 2.24.